The topological polar surface area (TPSA) is 153 Å². The number of aromatic hydroxyl groups is 1. The van der Waals surface area contributed by atoms with Crippen LogP contribution in [0.5, 0.6) is 5.75 Å². The summed E-state index contributed by atoms with van der Waals surface area (Å²) >= 11 is 0. The summed E-state index contributed by atoms with van der Waals surface area (Å²) in [5.74, 6) is -1.28. The first kappa shape index (κ1) is 34.9. The summed E-state index contributed by atoms with van der Waals surface area (Å²) in [6, 6.07) is 12.7. The summed E-state index contributed by atoms with van der Waals surface area (Å²) in [6.45, 7) is 13.3. The van der Waals surface area contributed by atoms with Gasteiger partial charge in [-0.1, -0.05) is 97.0 Å². The van der Waals surface area contributed by atoms with Gasteiger partial charge in [-0.2, -0.15) is 8.42 Å². The minimum absolute atomic E-state index is 0.0954. The molecule has 10 heteroatoms. The van der Waals surface area contributed by atoms with E-state index in [9.17, 15) is 32.8 Å². The molecule has 3 aromatic rings. The Hall–Kier alpha value is -3.99. The molecule has 0 bridgehead atoms. The van der Waals surface area contributed by atoms with Crippen LogP contribution in [0.25, 0.3) is 6.08 Å². The molecule has 2 atom stereocenters. The van der Waals surface area contributed by atoms with Crippen molar-refractivity contribution in [1.82, 2.24) is 0 Å². The number of hydrogen-bond donors (Lipinski definition) is 5. The normalized spacial score (nSPS) is 15.5. The highest BCUT2D eigenvalue weighted by Gasteiger charge is 2.32. The zero-order valence-electron chi connectivity index (χ0n) is 27.4. The SMILES string of the molecule is CC(C(=O)c1c(CO)cccc1S(=O)(=O)O)C1C=Cc2cccc(NC(=O)CCc3cc(C(C)(C)C)c(O)c(C(C)(C)C)c3)c2N1. The third kappa shape index (κ3) is 7.52. The quantitative estimate of drug-likeness (QED) is 0.128. The first-order chi connectivity index (χ1) is 21.3. The van der Waals surface area contributed by atoms with E-state index < -0.39 is 39.4 Å². The van der Waals surface area contributed by atoms with Crippen LogP contribution >= 0.6 is 0 Å². The molecule has 246 valence electrons. The maximum Gasteiger partial charge on any atom is 0.295 e. The van der Waals surface area contributed by atoms with Gasteiger partial charge in [0.2, 0.25) is 5.91 Å². The molecule has 0 radical (unpaired) electrons. The fraction of sp³-hybridized carbons (Fsp3) is 0.389. The first-order valence-electron chi connectivity index (χ1n) is 15.3. The molecule has 1 aliphatic rings. The highest BCUT2D eigenvalue weighted by molar-refractivity contribution is 7.86. The first-order valence-corrected chi connectivity index (χ1v) is 16.8. The number of Topliss-reactive ketones (excluding diaryl/α,β-unsaturated/α-hetero) is 1. The number of ketones is 1. The Morgan fingerprint density at radius 1 is 0.978 bits per heavy atom. The number of nitrogens with one attached hydrogen (secondary N) is 2. The van der Waals surface area contributed by atoms with Crippen molar-refractivity contribution in [3.8, 4) is 5.75 Å². The molecule has 3 aromatic carbocycles. The lowest BCUT2D eigenvalue weighted by molar-refractivity contribution is -0.116. The Bertz CT molecular complexity index is 1760. The van der Waals surface area contributed by atoms with Crippen LogP contribution in [0.1, 0.15) is 93.1 Å². The van der Waals surface area contributed by atoms with E-state index in [2.05, 4.69) is 10.6 Å². The average molecular weight is 649 g/mol. The molecule has 46 heavy (non-hydrogen) atoms. The van der Waals surface area contributed by atoms with Crippen molar-refractivity contribution in [2.75, 3.05) is 10.6 Å². The van der Waals surface area contributed by atoms with Gasteiger partial charge in [0.1, 0.15) is 10.6 Å². The molecule has 9 nitrogen and oxygen atoms in total. The van der Waals surface area contributed by atoms with Crippen molar-refractivity contribution in [2.45, 2.75) is 89.7 Å². The van der Waals surface area contributed by atoms with Crippen LogP contribution in [0.4, 0.5) is 11.4 Å². The van der Waals surface area contributed by atoms with E-state index in [1.54, 1.807) is 19.1 Å². The maximum absolute atomic E-state index is 13.6. The lowest BCUT2D eigenvalue weighted by Gasteiger charge is -2.29. The minimum Gasteiger partial charge on any atom is -0.507 e. The van der Waals surface area contributed by atoms with E-state index in [4.69, 9.17) is 0 Å². The zero-order valence-corrected chi connectivity index (χ0v) is 28.2. The number of carbonyl (C=O) groups excluding carboxylic acids is 2. The van der Waals surface area contributed by atoms with Crippen molar-refractivity contribution < 1.29 is 32.8 Å². The second kappa shape index (κ2) is 13.0. The lowest BCUT2D eigenvalue weighted by atomic mass is 9.78. The fourth-order valence-corrected chi connectivity index (χ4v) is 6.47. The van der Waals surface area contributed by atoms with Crippen LogP contribution in [0.2, 0.25) is 0 Å². The van der Waals surface area contributed by atoms with Gasteiger partial charge in [-0.05, 0) is 57.2 Å². The number of anilines is 2. The number of phenolic OH excluding ortho intramolecular Hbond substituents is 1. The number of aliphatic hydroxyl groups is 1. The van der Waals surface area contributed by atoms with Crippen LogP contribution in [0, 0.1) is 5.92 Å². The van der Waals surface area contributed by atoms with Crippen molar-refractivity contribution in [1.29, 1.82) is 0 Å². The molecule has 4 rings (SSSR count). The number of aliphatic hydroxyl groups excluding tert-OH is 1. The number of amides is 1. The van der Waals surface area contributed by atoms with E-state index in [1.807, 2.05) is 71.9 Å². The van der Waals surface area contributed by atoms with Crippen LogP contribution in [0.15, 0.2) is 59.5 Å². The monoisotopic (exact) mass is 648 g/mol. The number of carbonyl (C=O) groups is 2. The van der Waals surface area contributed by atoms with Gasteiger partial charge < -0.3 is 20.8 Å². The Kier molecular flexibility index (Phi) is 9.87. The highest BCUT2D eigenvalue weighted by Crippen LogP contribution is 2.40. The maximum atomic E-state index is 13.6. The number of fused-ring (bicyclic) bond motifs is 1. The van der Waals surface area contributed by atoms with E-state index in [0.29, 0.717) is 23.5 Å². The minimum atomic E-state index is -4.72. The molecule has 0 aromatic heterocycles. The van der Waals surface area contributed by atoms with Crippen LogP contribution in [-0.2, 0) is 38.8 Å². The molecule has 0 saturated carbocycles. The summed E-state index contributed by atoms with van der Waals surface area (Å²) in [4.78, 5) is 26.3. The fourth-order valence-electron chi connectivity index (χ4n) is 5.73. The number of rotatable bonds is 9. The molecule has 1 amide bonds. The van der Waals surface area contributed by atoms with Crippen molar-refractivity contribution in [2.24, 2.45) is 5.92 Å². The van der Waals surface area contributed by atoms with Crippen molar-refractivity contribution in [3.63, 3.8) is 0 Å². The average Bonchev–Trinajstić information content (AvgIpc) is 2.97. The molecule has 0 aliphatic carbocycles. The predicted molar refractivity (Wildman–Crippen MR) is 181 cm³/mol. The van der Waals surface area contributed by atoms with Gasteiger partial charge in [-0.25, -0.2) is 0 Å². The van der Waals surface area contributed by atoms with Crippen LogP contribution in [-0.4, -0.2) is 40.9 Å². The van der Waals surface area contributed by atoms with Gasteiger partial charge in [0.05, 0.1) is 24.0 Å². The summed E-state index contributed by atoms with van der Waals surface area (Å²) in [5.41, 5.74) is 3.85. The van der Waals surface area contributed by atoms with Crippen molar-refractivity contribution in [3.05, 3.63) is 88.0 Å². The van der Waals surface area contributed by atoms with Gasteiger partial charge in [-0.3, -0.25) is 14.1 Å². The Morgan fingerprint density at radius 2 is 1.59 bits per heavy atom. The van der Waals surface area contributed by atoms with E-state index in [1.165, 1.54) is 12.1 Å². The number of phenols is 1. The number of para-hydroxylation sites is 1. The zero-order chi connectivity index (χ0) is 34.2. The Labute approximate surface area is 271 Å². The molecule has 0 saturated heterocycles. The van der Waals surface area contributed by atoms with Crippen LogP contribution < -0.4 is 10.6 Å². The van der Waals surface area contributed by atoms with Crippen LogP contribution in [0.3, 0.4) is 0 Å². The summed E-state index contributed by atoms with van der Waals surface area (Å²) in [6.07, 6.45) is 4.28. The van der Waals surface area contributed by atoms with E-state index in [0.717, 1.165) is 28.3 Å². The number of aryl methyl sites for hydroxylation is 1. The van der Waals surface area contributed by atoms with Gasteiger partial charge in [0.15, 0.2) is 5.78 Å². The standard InChI is InChI=1S/C36H44N2O7S/c1-21(33(41)31-24(20-39)11-9-13-29(31)46(43,44)45)27-16-15-23-10-8-12-28(32(23)38-27)37-30(40)17-14-22-18-25(35(2,3)4)34(42)26(19-22)36(5,6)7/h8-13,15-16,18-19,21,27,38-39,42H,14,17,20H2,1-7H3,(H,37,40)(H,43,44,45). The second-order valence-corrected chi connectivity index (χ2v) is 15.4. The molecular formula is C36H44N2O7S. The van der Waals surface area contributed by atoms with Gasteiger partial charge in [0, 0.05) is 17.9 Å². The summed E-state index contributed by atoms with van der Waals surface area (Å²) in [5, 5.41) is 27.2. The van der Waals surface area contributed by atoms with Gasteiger partial charge in [-0.15, -0.1) is 0 Å². The third-order valence-electron chi connectivity index (χ3n) is 8.35. The molecule has 0 fully saturated rings. The number of hydrogen-bond acceptors (Lipinski definition) is 7. The Morgan fingerprint density at radius 3 is 2.15 bits per heavy atom. The highest BCUT2D eigenvalue weighted by atomic mass is 32.2. The van der Waals surface area contributed by atoms with Crippen molar-refractivity contribution >= 4 is 39.3 Å². The second-order valence-electron chi connectivity index (χ2n) is 14.0. The number of benzene rings is 3. The van der Waals surface area contributed by atoms with E-state index >= 15 is 0 Å². The summed E-state index contributed by atoms with van der Waals surface area (Å²) in [7, 11) is -4.72. The summed E-state index contributed by atoms with van der Waals surface area (Å²) < 4.78 is 33.9. The molecular weight excluding hydrogens is 604 g/mol. The van der Waals surface area contributed by atoms with Gasteiger partial charge in [0.25, 0.3) is 10.1 Å². The van der Waals surface area contributed by atoms with E-state index in [-0.39, 0.29) is 34.3 Å². The lowest BCUT2D eigenvalue weighted by Crippen LogP contribution is -2.34. The largest absolute Gasteiger partial charge is 0.507 e. The molecule has 0 spiro atoms. The molecule has 1 aliphatic heterocycles. The molecule has 1 heterocycles. The Balaban J connectivity index is 1.54. The van der Waals surface area contributed by atoms with Gasteiger partial charge >= 0.3 is 0 Å². The third-order valence-corrected chi connectivity index (χ3v) is 9.25. The molecule has 5 N–H and O–H groups in total. The smallest absolute Gasteiger partial charge is 0.295 e. The molecule has 2 unspecified atom stereocenters. The predicted octanol–water partition coefficient (Wildman–Crippen LogP) is 6.62.